The Kier molecular flexibility index (Phi) is 8.20. The predicted molar refractivity (Wildman–Crippen MR) is 179 cm³/mol. The van der Waals surface area contributed by atoms with Crippen LogP contribution in [0.4, 0.5) is 14.6 Å². The quantitative estimate of drug-likeness (QED) is 0.250. The van der Waals surface area contributed by atoms with Crippen molar-refractivity contribution in [2.24, 2.45) is 5.41 Å². The smallest absolute Gasteiger partial charge is 0.319 e. The number of anilines is 1. The van der Waals surface area contributed by atoms with Gasteiger partial charge in [0.25, 0.3) is 0 Å². The van der Waals surface area contributed by atoms with E-state index in [1.165, 1.54) is 31.4 Å². The van der Waals surface area contributed by atoms with Crippen molar-refractivity contribution >= 4 is 27.5 Å². The number of methoxy groups -OCH3 is 1. The molecule has 12 heteroatoms. The molecule has 10 nitrogen and oxygen atoms in total. The van der Waals surface area contributed by atoms with E-state index in [0.29, 0.717) is 11.9 Å². The van der Waals surface area contributed by atoms with Crippen LogP contribution in [0.3, 0.4) is 0 Å². The first-order valence-corrected chi connectivity index (χ1v) is 16.6. The van der Waals surface area contributed by atoms with Crippen molar-refractivity contribution in [3.63, 3.8) is 0 Å². The number of hydrogen-bond acceptors (Lipinski definition) is 10. The van der Waals surface area contributed by atoms with Crippen LogP contribution in [0.15, 0.2) is 30.3 Å². The number of aromatic hydroxyl groups is 1. The Balaban J connectivity index is 1.40. The third kappa shape index (κ3) is 5.77. The summed E-state index contributed by atoms with van der Waals surface area (Å²) in [4.78, 5) is 18.0. The minimum absolute atomic E-state index is 0.0133. The monoisotopic (exact) mass is 664 g/mol. The maximum atomic E-state index is 17.0. The van der Waals surface area contributed by atoms with Gasteiger partial charge < -0.3 is 29.3 Å². The minimum atomic E-state index is -1.24. The van der Waals surface area contributed by atoms with Crippen molar-refractivity contribution in [2.75, 3.05) is 51.5 Å². The first kappa shape index (κ1) is 31.4. The number of β-amino-alcohol motifs (C(OH)–C–C–N with tert-alkyl or cyclic N) is 1. The van der Waals surface area contributed by atoms with Gasteiger partial charge in [0.05, 0.1) is 33.5 Å². The minimum Gasteiger partial charge on any atom is -0.508 e. The van der Waals surface area contributed by atoms with E-state index in [2.05, 4.69) is 14.9 Å². The summed E-state index contributed by atoms with van der Waals surface area (Å²) in [5, 5.41) is 22.3. The lowest BCUT2D eigenvalue weighted by Crippen LogP contribution is -2.54. The SMILES string of the molecule is [2H]C(C)(C)N1CCC[C@@]2(COc3nc(N4CCOC[C@@](C)(O)C4)c4c(OC)nc(-c5cc(O)cc6cccc(F)c56)c(F)c4n3)CCC[C@@H]12. The molecule has 0 bridgehead atoms. The van der Waals surface area contributed by atoms with E-state index in [0.717, 1.165) is 38.6 Å². The van der Waals surface area contributed by atoms with Gasteiger partial charge in [-0.1, -0.05) is 18.6 Å². The van der Waals surface area contributed by atoms with Gasteiger partial charge in [-0.3, -0.25) is 4.90 Å². The number of likely N-dealkylation sites (tertiary alicyclic amines) is 1. The van der Waals surface area contributed by atoms with Crippen LogP contribution in [0, 0.1) is 17.0 Å². The molecule has 2 saturated heterocycles. The summed E-state index contributed by atoms with van der Waals surface area (Å²) in [7, 11) is 1.39. The van der Waals surface area contributed by atoms with E-state index in [1.807, 2.05) is 13.8 Å². The summed E-state index contributed by atoms with van der Waals surface area (Å²) in [6.45, 7) is 7.47. The predicted octanol–water partition coefficient (Wildman–Crippen LogP) is 5.85. The van der Waals surface area contributed by atoms with Gasteiger partial charge >= 0.3 is 6.01 Å². The summed E-state index contributed by atoms with van der Waals surface area (Å²) in [6.07, 6.45) is 4.78. The van der Waals surface area contributed by atoms with Crippen LogP contribution >= 0.6 is 0 Å². The Morgan fingerprint density at radius 1 is 1.12 bits per heavy atom. The highest BCUT2D eigenvalue weighted by molar-refractivity contribution is 6.02. The number of benzene rings is 2. The lowest BCUT2D eigenvalue weighted by molar-refractivity contribution is -0.0155. The van der Waals surface area contributed by atoms with Gasteiger partial charge in [-0.2, -0.15) is 9.97 Å². The zero-order valence-electron chi connectivity index (χ0n) is 28.9. The van der Waals surface area contributed by atoms with Crippen LogP contribution in [-0.4, -0.2) is 94.3 Å². The lowest BCUT2D eigenvalue weighted by Gasteiger charge is -2.48. The van der Waals surface area contributed by atoms with Crippen LogP contribution in [-0.2, 0) is 4.74 Å². The normalized spacial score (nSPS) is 25.6. The third-order valence-electron chi connectivity index (χ3n) is 10.2. The first-order chi connectivity index (χ1) is 23.3. The Hall–Kier alpha value is -3.87. The van der Waals surface area contributed by atoms with Gasteiger partial charge in [0.2, 0.25) is 5.88 Å². The molecular weight excluding hydrogens is 620 g/mol. The van der Waals surface area contributed by atoms with Gasteiger partial charge in [-0.05, 0) is 76.6 Å². The topological polar surface area (TPSA) is 113 Å². The van der Waals surface area contributed by atoms with Crippen molar-refractivity contribution in [2.45, 2.75) is 70.5 Å². The molecule has 2 N–H and O–H groups in total. The number of aliphatic hydroxyl groups is 1. The molecule has 48 heavy (non-hydrogen) atoms. The van der Waals surface area contributed by atoms with E-state index in [-0.39, 0.29) is 88.8 Å². The maximum absolute atomic E-state index is 17.0. The zero-order valence-corrected chi connectivity index (χ0v) is 27.9. The molecule has 4 heterocycles. The second-order valence-electron chi connectivity index (χ2n) is 13.9. The van der Waals surface area contributed by atoms with Gasteiger partial charge in [0, 0.05) is 36.3 Å². The first-order valence-electron chi connectivity index (χ1n) is 17.1. The van der Waals surface area contributed by atoms with Gasteiger partial charge in [0.1, 0.15) is 39.6 Å². The number of phenolic OH excluding ortho intramolecular Hbond substituents is 1. The van der Waals surface area contributed by atoms with Gasteiger partial charge in [-0.15, -0.1) is 0 Å². The molecule has 256 valence electrons. The van der Waals surface area contributed by atoms with Crippen LogP contribution in [0.25, 0.3) is 32.9 Å². The molecule has 3 atom stereocenters. The van der Waals surface area contributed by atoms with Crippen molar-refractivity contribution in [1.82, 2.24) is 19.9 Å². The standard InChI is InChI=1S/C36H43F2N5O5/c1-21(2)43-13-7-12-36(11-6-10-26(36)43)20-48-34-40-31-28(32(41-34)42-14-15-47-19-35(3,45)18-42)33(46-4)39-30(29(31)38)24-17-23(44)16-22-8-5-9-25(37)27(22)24/h5,8-9,16-17,21,26,44-45H,6-7,10-15,18-20H2,1-4H3/t26-,35+,36-/m1/s1/i21D. The summed E-state index contributed by atoms with van der Waals surface area (Å²) in [5.74, 6) is -1.41. The largest absolute Gasteiger partial charge is 0.508 e. The number of halogens is 2. The molecule has 0 unspecified atom stereocenters. The molecule has 0 radical (unpaired) electrons. The highest BCUT2D eigenvalue weighted by Crippen LogP contribution is 2.49. The van der Waals surface area contributed by atoms with Crippen molar-refractivity contribution in [3.05, 3.63) is 42.0 Å². The Morgan fingerprint density at radius 2 is 1.94 bits per heavy atom. The molecule has 4 aromatic rings. The molecule has 1 aliphatic carbocycles. The van der Waals surface area contributed by atoms with Crippen molar-refractivity contribution < 1.29 is 34.6 Å². The molecular formula is C36H43F2N5O5. The Morgan fingerprint density at radius 3 is 2.73 bits per heavy atom. The highest BCUT2D eigenvalue weighted by Gasteiger charge is 2.49. The Bertz CT molecular complexity index is 1910. The number of pyridine rings is 1. The van der Waals surface area contributed by atoms with Crippen molar-refractivity contribution in [3.8, 4) is 28.9 Å². The number of rotatable bonds is 7. The van der Waals surface area contributed by atoms with E-state index in [1.54, 1.807) is 17.9 Å². The molecule has 0 amide bonds. The highest BCUT2D eigenvalue weighted by atomic mass is 19.1. The third-order valence-corrected chi connectivity index (χ3v) is 10.2. The average Bonchev–Trinajstić information content (AvgIpc) is 3.40. The van der Waals surface area contributed by atoms with Crippen LogP contribution in [0.2, 0.25) is 0 Å². The summed E-state index contributed by atoms with van der Waals surface area (Å²) in [6, 6.07) is 6.45. The Labute approximate surface area is 280 Å². The molecule has 1 saturated carbocycles. The zero-order chi connectivity index (χ0) is 34.7. The molecule has 2 aromatic heterocycles. The fourth-order valence-electron chi connectivity index (χ4n) is 8.10. The second kappa shape index (κ2) is 12.5. The molecule has 0 spiro atoms. The number of aromatic nitrogens is 3. The molecule has 2 aliphatic heterocycles. The molecule has 2 aromatic carbocycles. The van der Waals surface area contributed by atoms with Crippen molar-refractivity contribution in [1.29, 1.82) is 0 Å². The molecule has 3 aliphatic rings. The number of ether oxygens (including phenoxy) is 3. The molecule has 3 fully saturated rings. The van der Waals surface area contributed by atoms with E-state index in [9.17, 15) is 10.2 Å². The maximum Gasteiger partial charge on any atom is 0.319 e. The number of phenols is 1. The summed E-state index contributed by atoms with van der Waals surface area (Å²) >= 11 is 0. The fourth-order valence-corrected chi connectivity index (χ4v) is 8.10. The lowest BCUT2D eigenvalue weighted by atomic mass is 9.75. The second-order valence-corrected chi connectivity index (χ2v) is 13.9. The summed E-state index contributed by atoms with van der Waals surface area (Å²) < 4.78 is 59.0. The number of hydrogen-bond donors (Lipinski definition) is 2. The van der Waals surface area contributed by atoms with Crippen LogP contribution < -0.4 is 14.4 Å². The van der Waals surface area contributed by atoms with E-state index in [4.69, 9.17) is 20.6 Å². The van der Waals surface area contributed by atoms with Gasteiger partial charge in [0.15, 0.2) is 5.82 Å². The van der Waals surface area contributed by atoms with Crippen LogP contribution in [0.1, 0.15) is 54.2 Å². The van der Waals surface area contributed by atoms with Crippen LogP contribution in [0.5, 0.6) is 17.6 Å². The number of fused-ring (bicyclic) bond motifs is 3. The van der Waals surface area contributed by atoms with E-state index < -0.39 is 23.3 Å². The average molecular weight is 665 g/mol. The number of piperidine rings is 1. The van der Waals surface area contributed by atoms with Gasteiger partial charge in [-0.25, -0.2) is 13.8 Å². The van der Waals surface area contributed by atoms with E-state index >= 15 is 8.78 Å². The molecule has 7 rings (SSSR count). The fraction of sp³-hybridized carbons (Fsp3) is 0.528. The summed E-state index contributed by atoms with van der Waals surface area (Å²) in [5.41, 5.74) is -1.83. The number of nitrogens with zero attached hydrogens (tertiary/aromatic N) is 5.